The van der Waals surface area contributed by atoms with Gasteiger partial charge in [0, 0.05) is 18.0 Å². The van der Waals surface area contributed by atoms with E-state index in [1.807, 2.05) is 24.3 Å². The molecule has 1 aliphatic rings. The summed E-state index contributed by atoms with van der Waals surface area (Å²) in [6.07, 6.45) is 2.29. The predicted octanol–water partition coefficient (Wildman–Crippen LogP) is 4.48. The van der Waals surface area contributed by atoms with Crippen molar-refractivity contribution in [3.8, 4) is 5.75 Å². The summed E-state index contributed by atoms with van der Waals surface area (Å²) in [4.78, 5) is 12.3. The third-order valence-corrected chi connectivity index (χ3v) is 4.57. The topological polar surface area (TPSA) is 59.6 Å². The first-order valence-electron chi connectivity index (χ1n) is 8.88. The van der Waals surface area contributed by atoms with Crippen LogP contribution in [0.2, 0.25) is 5.02 Å². The highest BCUT2D eigenvalue weighted by Gasteiger charge is 2.16. The van der Waals surface area contributed by atoms with Gasteiger partial charge >= 0.3 is 0 Å². The fourth-order valence-corrected chi connectivity index (χ4v) is 2.93. The molecule has 0 aromatic heterocycles. The number of rotatable bonds is 7. The summed E-state index contributed by atoms with van der Waals surface area (Å²) in [5, 5.41) is 5.78. The van der Waals surface area contributed by atoms with E-state index in [9.17, 15) is 9.18 Å². The summed E-state index contributed by atoms with van der Waals surface area (Å²) in [7, 11) is 0. The lowest BCUT2D eigenvalue weighted by Crippen LogP contribution is -2.31. The molecule has 1 amide bonds. The van der Waals surface area contributed by atoms with Crippen LogP contribution >= 0.6 is 11.6 Å². The third-order valence-electron chi connectivity index (χ3n) is 4.28. The van der Waals surface area contributed by atoms with Gasteiger partial charge in [-0.25, -0.2) is 4.39 Å². The average Bonchev–Trinajstić information content (AvgIpc) is 3.18. The second kappa shape index (κ2) is 9.06. The standard InChI is InChI=1S/C20H22ClFN2O3/c1-13(20(25)24-15-6-9-19(22)18(21)11-15)23-14-4-7-16(8-5-14)27-12-17-3-2-10-26-17/h4-9,11,13,17,23H,2-3,10,12H2,1H3,(H,24,25). The minimum absolute atomic E-state index is 0.0352. The van der Waals surface area contributed by atoms with E-state index in [2.05, 4.69) is 10.6 Å². The van der Waals surface area contributed by atoms with Gasteiger partial charge < -0.3 is 20.1 Å². The first-order chi connectivity index (χ1) is 13.0. The van der Waals surface area contributed by atoms with Crippen LogP contribution in [0, 0.1) is 5.82 Å². The maximum atomic E-state index is 13.2. The lowest BCUT2D eigenvalue weighted by molar-refractivity contribution is -0.116. The summed E-state index contributed by atoms with van der Waals surface area (Å²) >= 11 is 5.73. The number of amides is 1. The van der Waals surface area contributed by atoms with E-state index in [4.69, 9.17) is 21.1 Å². The molecule has 1 aliphatic heterocycles. The van der Waals surface area contributed by atoms with Crippen LogP contribution in [-0.2, 0) is 9.53 Å². The van der Waals surface area contributed by atoms with E-state index in [0.717, 1.165) is 30.9 Å². The highest BCUT2D eigenvalue weighted by Crippen LogP contribution is 2.21. The summed E-state index contributed by atoms with van der Waals surface area (Å²) in [6.45, 7) is 3.09. The van der Waals surface area contributed by atoms with Gasteiger partial charge in [0.25, 0.3) is 0 Å². The van der Waals surface area contributed by atoms with Crippen molar-refractivity contribution >= 4 is 28.9 Å². The quantitative estimate of drug-likeness (QED) is 0.729. The van der Waals surface area contributed by atoms with Crippen molar-refractivity contribution < 1.29 is 18.7 Å². The number of anilines is 2. The van der Waals surface area contributed by atoms with Gasteiger partial charge in [-0.1, -0.05) is 11.6 Å². The van der Waals surface area contributed by atoms with Crippen molar-refractivity contribution in [3.63, 3.8) is 0 Å². The number of ether oxygens (including phenoxy) is 2. The fraction of sp³-hybridized carbons (Fsp3) is 0.350. The molecule has 2 aromatic rings. The molecule has 27 heavy (non-hydrogen) atoms. The average molecular weight is 393 g/mol. The second-order valence-corrected chi connectivity index (χ2v) is 6.86. The van der Waals surface area contributed by atoms with Crippen LogP contribution < -0.4 is 15.4 Å². The molecular formula is C20H22ClFN2O3. The summed E-state index contributed by atoms with van der Waals surface area (Å²) in [5.41, 5.74) is 1.23. The van der Waals surface area contributed by atoms with Crippen molar-refractivity contribution in [2.45, 2.75) is 31.9 Å². The monoisotopic (exact) mass is 392 g/mol. The van der Waals surface area contributed by atoms with Crippen LogP contribution in [-0.4, -0.2) is 31.3 Å². The number of hydrogen-bond acceptors (Lipinski definition) is 4. The SMILES string of the molecule is CC(Nc1ccc(OCC2CCCO2)cc1)C(=O)Nc1ccc(F)c(Cl)c1. The van der Waals surface area contributed by atoms with Crippen molar-refractivity contribution in [3.05, 3.63) is 53.3 Å². The lowest BCUT2D eigenvalue weighted by Gasteiger charge is -2.16. The van der Waals surface area contributed by atoms with E-state index >= 15 is 0 Å². The summed E-state index contributed by atoms with van der Waals surface area (Å²) < 4.78 is 24.4. The van der Waals surface area contributed by atoms with E-state index in [1.54, 1.807) is 6.92 Å². The predicted molar refractivity (Wildman–Crippen MR) is 104 cm³/mol. The molecule has 0 radical (unpaired) electrons. The van der Waals surface area contributed by atoms with Crippen molar-refractivity contribution in [2.24, 2.45) is 0 Å². The van der Waals surface area contributed by atoms with Crippen molar-refractivity contribution in [1.82, 2.24) is 0 Å². The number of halogens is 2. The summed E-state index contributed by atoms with van der Waals surface area (Å²) in [6, 6.07) is 11.0. The van der Waals surface area contributed by atoms with Crippen molar-refractivity contribution in [1.29, 1.82) is 0 Å². The number of hydrogen-bond donors (Lipinski definition) is 2. The number of carbonyl (C=O) groups is 1. The van der Waals surface area contributed by atoms with Crippen LogP contribution in [0.5, 0.6) is 5.75 Å². The Hall–Kier alpha value is -2.31. The van der Waals surface area contributed by atoms with E-state index in [0.29, 0.717) is 12.3 Å². The molecule has 144 valence electrons. The molecule has 1 heterocycles. The molecule has 0 spiro atoms. The number of benzene rings is 2. The maximum Gasteiger partial charge on any atom is 0.246 e. The first-order valence-corrected chi connectivity index (χ1v) is 9.26. The van der Waals surface area contributed by atoms with E-state index in [-0.39, 0.29) is 17.0 Å². The van der Waals surface area contributed by atoms with Crippen LogP contribution in [0.15, 0.2) is 42.5 Å². The molecule has 7 heteroatoms. The highest BCUT2D eigenvalue weighted by molar-refractivity contribution is 6.31. The van der Waals surface area contributed by atoms with Crippen molar-refractivity contribution in [2.75, 3.05) is 23.8 Å². The molecular weight excluding hydrogens is 371 g/mol. The Kier molecular flexibility index (Phi) is 6.53. The highest BCUT2D eigenvalue weighted by atomic mass is 35.5. The minimum atomic E-state index is -0.525. The van der Waals surface area contributed by atoms with Gasteiger partial charge in [0.15, 0.2) is 0 Å². The molecule has 5 nitrogen and oxygen atoms in total. The Balaban J connectivity index is 1.49. The fourth-order valence-electron chi connectivity index (χ4n) is 2.75. The third kappa shape index (κ3) is 5.58. The van der Waals surface area contributed by atoms with Crippen LogP contribution in [0.1, 0.15) is 19.8 Å². The maximum absolute atomic E-state index is 13.2. The molecule has 2 N–H and O–H groups in total. The zero-order valence-electron chi connectivity index (χ0n) is 15.0. The molecule has 1 saturated heterocycles. The molecule has 0 bridgehead atoms. The Morgan fingerprint density at radius 2 is 2.04 bits per heavy atom. The smallest absolute Gasteiger partial charge is 0.246 e. The summed E-state index contributed by atoms with van der Waals surface area (Å²) in [5.74, 6) is -0.0202. The Morgan fingerprint density at radius 1 is 1.30 bits per heavy atom. The molecule has 2 aromatic carbocycles. The molecule has 0 saturated carbocycles. The zero-order chi connectivity index (χ0) is 19.2. The van der Waals surface area contributed by atoms with Gasteiger partial charge in [0.1, 0.15) is 24.2 Å². The number of carbonyl (C=O) groups excluding carboxylic acids is 1. The normalized spacial score (nSPS) is 17.4. The first kappa shape index (κ1) is 19.5. The van der Waals surface area contributed by atoms with E-state index < -0.39 is 11.9 Å². The van der Waals surface area contributed by atoms with E-state index in [1.165, 1.54) is 18.2 Å². The minimum Gasteiger partial charge on any atom is -0.491 e. The second-order valence-electron chi connectivity index (χ2n) is 6.45. The molecule has 1 fully saturated rings. The molecule has 3 rings (SSSR count). The van der Waals surface area contributed by atoms with Crippen LogP contribution in [0.3, 0.4) is 0 Å². The Morgan fingerprint density at radius 3 is 2.70 bits per heavy atom. The lowest BCUT2D eigenvalue weighted by atomic mass is 10.2. The molecule has 2 atom stereocenters. The molecule has 2 unspecified atom stereocenters. The molecule has 0 aliphatic carbocycles. The Labute approximate surface area is 162 Å². The van der Waals surface area contributed by atoms with Gasteiger partial charge in [0.05, 0.1) is 11.1 Å². The van der Waals surface area contributed by atoms with Gasteiger partial charge in [-0.3, -0.25) is 4.79 Å². The van der Waals surface area contributed by atoms with Crippen LogP contribution in [0.25, 0.3) is 0 Å². The van der Waals surface area contributed by atoms with Gasteiger partial charge in [-0.05, 0) is 62.2 Å². The largest absolute Gasteiger partial charge is 0.491 e. The van der Waals surface area contributed by atoms with Gasteiger partial charge in [-0.2, -0.15) is 0 Å². The zero-order valence-corrected chi connectivity index (χ0v) is 15.8. The van der Waals surface area contributed by atoms with Crippen LogP contribution in [0.4, 0.5) is 15.8 Å². The van der Waals surface area contributed by atoms with Gasteiger partial charge in [0.2, 0.25) is 5.91 Å². The number of nitrogens with one attached hydrogen (secondary N) is 2. The van der Waals surface area contributed by atoms with Gasteiger partial charge in [-0.15, -0.1) is 0 Å². The Bertz CT molecular complexity index is 779.